The number of phosphoric acid groups is 1. The number of hydrogen-bond acceptors (Lipinski definition) is 8. The van der Waals surface area contributed by atoms with Crippen LogP contribution in [0.15, 0.2) is 36.5 Å². The first-order chi connectivity index (χ1) is 29.2. The van der Waals surface area contributed by atoms with Crippen LogP contribution in [0, 0.1) is 0 Å². The lowest BCUT2D eigenvalue weighted by atomic mass is 10.0. The summed E-state index contributed by atoms with van der Waals surface area (Å²) < 4.78 is 33.4. The van der Waals surface area contributed by atoms with Crippen molar-refractivity contribution < 1.29 is 42.7 Å². The Morgan fingerprint density at radius 1 is 0.533 bits per heavy atom. The summed E-state index contributed by atoms with van der Waals surface area (Å²) in [6.07, 6.45) is 52.0. The van der Waals surface area contributed by atoms with E-state index in [0.717, 1.165) is 51.4 Å². The molecule has 0 aromatic carbocycles. The third-order valence-corrected chi connectivity index (χ3v) is 11.6. The molecule has 10 nitrogen and oxygen atoms in total. The van der Waals surface area contributed by atoms with Crippen LogP contribution in [0.3, 0.4) is 0 Å². The van der Waals surface area contributed by atoms with Crippen LogP contribution in [0.1, 0.15) is 226 Å². The Kier molecular flexibility index (Phi) is 43.9. The molecule has 11 heteroatoms. The Labute approximate surface area is 367 Å². The van der Waals surface area contributed by atoms with E-state index >= 15 is 0 Å². The second kappa shape index (κ2) is 45.2. The number of ether oxygens (including phenoxy) is 2. The van der Waals surface area contributed by atoms with Crippen molar-refractivity contribution >= 4 is 19.8 Å². The summed E-state index contributed by atoms with van der Waals surface area (Å²) >= 11 is 0. The molecule has 0 spiro atoms. The second-order valence-electron chi connectivity index (χ2n) is 16.6. The van der Waals surface area contributed by atoms with Crippen LogP contribution in [-0.2, 0) is 32.7 Å². The minimum Gasteiger partial charge on any atom is -0.480 e. The summed E-state index contributed by atoms with van der Waals surface area (Å²) in [5, 5.41) is 8.91. The summed E-state index contributed by atoms with van der Waals surface area (Å²) in [4.78, 5) is 33.6. The van der Waals surface area contributed by atoms with Crippen LogP contribution < -0.4 is 5.73 Å². The Bertz CT molecular complexity index is 1100. The molecule has 0 radical (unpaired) electrons. The van der Waals surface area contributed by atoms with Gasteiger partial charge in [0.25, 0.3) is 0 Å². The maximum atomic E-state index is 12.7. The molecule has 0 aliphatic rings. The first-order valence-electron chi connectivity index (χ1n) is 24.5. The lowest BCUT2D eigenvalue weighted by molar-refractivity contribution is -0.154. The Morgan fingerprint density at radius 2 is 0.917 bits per heavy atom. The van der Waals surface area contributed by atoms with E-state index < -0.39 is 45.1 Å². The number of carbonyl (C=O) groups excluding carboxylic acids is 1. The molecule has 352 valence electrons. The lowest BCUT2D eigenvalue weighted by Crippen LogP contribution is -2.34. The van der Waals surface area contributed by atoms with Gasteiger partial charge in [-0.3, -0.25) is 18.6 Å². The van der Waals surface area contributed by atoms with Gasteiger partial charge >= 0.3 is 19.8 Å². The van der Waals surface area contributed by atoms with Crippen LogP contribution >= 0.6 is 7.82 Å². The maximum Gasteiger partial charge on any atom is 0.472 e. The molecule has 0 rings (SSSR count). The number of rotatable bonds is 47. The number of esters is 1. The van der Waals surface area contributed by atoms with E-state index in [1.807, 2.05) is 0 Å². The van der Waals surface area contributed by atoms with Gasteiger partial charge in [0, 0.05) is 13.0 Å². The molecule has 4 N–H and O–H groups in total. The van der Waals surface area contributed by atoms with Crippen molar-refractivity contribution in [2.45, 2.75) is 238 Å². The molecule has 0 aromatic rings. The standard InChI is InChI=1S/C49H92NO9P/c1-3-5-7-9-11-13-15-17-19-20-21-22-23-24-25-26-27-29-31-33-35-37-39-41-48(51)59-46(44-57-60(54,55)58-45-47(50)49(52)53)43-56-42-40-38-36-34-32-30-28-18-16-14-12-10-8-6-4-2/h15-18,20-21,46-47H,3-14,19,22-45,50H2,1-2H3,(H,52,53)(H,54,55)/b17-15-,18-16-,21-20-. The predicted octanol–water partition coefficient (Wildman–Crippen LogP) is 14.0. The zero-order valence-electron chi connectivity index (χ0n) is 38.6. The summed E-state index contributed by atoms with van der Waals surface area (Å²) in [5.41, 5.74) is 5.37. The molecule has 60 heavy (non-hydrogen) atoms. The molecule has 0 amide bonds. The van der Waals surface area contributed by atoms with Crippen LogP contribution in [0.2, 0.25) is 0 Å². The van der Waals surface area contributed by atoms with Crippen LogP contribution in [-0.4, -0.2) is 60.5 Å². The zero-order valence-corrected chi connectivity index (χ0v) is 39.5. The number of unbranched alkanes of at least 4 members (excludes halogenated alkanes) is 27. The highest BCUT2D eigenvalue weighted by atomic mass is 31.2. The number of nitrogens with two attached hydrogens (primary N) is 1. The molecule has 0 saturated heterocycles. The van der Waals surface area contributed by atoms with Gasteiger partial charge in [-0.15, -0.1) is 0 Å². The third-order valence-electron chi connectivity index (χ3n) is 10.6. The monoisotopic (exact) mass is 870 g/mol. The summed E-state index contributed by atoms with van der Waals surface area (Å²) in [5.74, 6) is -1.78. The van der Waals surface area contributed by atoms with E-state index in [-0.39, 0.29) is 13.0 Å². The minimum absolute atomic E-state index is 0.0135. The second-order valence-corrected chi connectivity index (χ2v) is 18.0. The van der Waals surface area contributed by atoms with Gasteiger partial charge in [-0.1, -0.05) is 185 Å². The number of carbonyl (C=O) groups is 2. The molecule has 3 atom stereocenters. The molecular formula is C49H92NO9P. The van der Waals surface area contributed by atoms with Gasteiger partial charge < -0.3 is 25.2 Å². The topological polar surface area (TPSA) is 155 Å². The quantitative estimate of drug-likeness (QED) is 0.0233. The molecule has 0 heterocycles. The van der Waals surface area contributed by atoms with E-state index in [1.165, 1.54) is 148 Å². The summed E-state index contributed by atoms with van der Waals surface area (Å²) in [6.45, 7) is 3.87. The van der Waals surface area contributed by atoms with E-state index in [2.05, 4.69) is 50.3 Å². The lowest BCUT2D eigenvalue weighted by Gasteiger charge is -2.20. The highest BCUT2D eigenvalue weighted by molar-refractivity contribution is 7.47. The van der Waals surface area contributed by atoms with Gasteiger partial charge in [0.1, 0.15) is 12.1 Å². The van der Waals surface area contributed by atoms with E-state index in [4.69, 9.17) is 29.4 Å². The van der Waals surface area contributed by atoms with E-state index in [1.54, 1.807) is 0 Å². The van der Waals surface area contributed by atoms with Crippen molar-refractivity contribution in [1.82, 2.24) is 0 Å². The number of hydrogen-bond donors (Lipinski definition) is 3. The SMILES string of the molecule is CCCCCCC/C=C\C/C=C\CCCCCCCCCCCCCC(=O)OC(COCCCCCCCC/C=C\CCCCCCC)COP(=O)(O)OCC(N)C(=O)O. The Hall–Kier alpha value is -1.81. The van der Waals surface area contributed by atoms with Gasteiger partial charge in [-0.2, -0.15) is 0 Å². The maximum absolute atomic E-state index is 12.7. The first kappa shape index (κ1) is 58.2. The first-order valence-corrected chi connectivity index (χ1v) is 26.0. The van der Waals surface area contributed by atoms with Crippen molar-refractivity contribution in [1.29, 1.82) is 0 Å². The van der Waals surface area contributed by atoms with Gasteiger partial charge in [-0.05, 0) is 70.6 Å². The highest BCUT2D eigenvalue weighted by Crippen LogP contribution is 2.43. The van der Waals surface area contributed by atoms with Crippen molar-refractivity contribution in [3.8, 4) is 0 Å². The number of carboxylic acid groups (broad SMARTS) is 1. The Morgan fingerprint density at radius 3 is 1.37 bits per heavy atom. The molecular weight excluding hydrogens is 778 g/mol. The minimum atomic E-state index is -4.62. The van der Waals surface area contributed by atoms with Crippen molar-refractivity contribution in [2.75, 3.05) is 26.4 Å². The number of carboxylic acids is 1. The van der Waals surface area contributed by atoms with Gasteiger partial charge in [0.2, 0.25) is 0 Å². The van der Waals surface area contributed by atoms with Crippen LogP contribution in [0.25, 0.3) is 0 Å². The normalized spacial score (nSPS) is 14.1. The average molecular weight is 870 g/mol. The summed E-state index contributed by atoms with van der Waals surface area (Å²) in [6, 6.07) is -1.47. The smallest absolute Gasteiger partial charge is 0.472 e. The van der Waals surface area contributed by atoms with Crippen LogP contribution in [0.4, 0.5) is 0 Å². The van der Waals surface area contributed by atoms with Gasteiger partial charge in [0.15, 0.2) is 0 Å². The zero-order chi connectivity index (χ0) is 44.0. The third kappa shape index (κ3) is 44.3. The van der Waals surface area contributed by atoms with Crippen LogP contribution in [0.5, 0.6) is 0 Å². The number of aliphatic carboxylic acids is 1. The fourth-order valence-corrected chi connectivity index (χ4v) is 7.58. The fourth-order valence-electron chi connectivity index (χ4n) is 6.81. The molecule has 0 aliphatic carbocycles. The largest absolute Gasteiger partial charge is 0.480 e. The molecule has 0 fully saturated rings. The van der Waals surface area contributed by atoms with Gasteiger partial charge in [-0.25, -0.2) is 4.57 Å². The van der Waals surface area contributed by atoms with Crippen molar-refractivity contribution in [3.05, 3.63) is 36.5 Å². The molecule has 0 bridgehead atoms. The molecule has 0 saturated carbocycles. The fraction of sp³-hybridized carbons (Fsp3) is 0.837. The van der Waals surface area contributed by atoms with E-state index in [0.29, 0.717) is 13.0 Å². The highest BCUT2D eigenvalue weighted by Gasteiger charge is 2.27. The molecule has 3 unspecified atom stereocenters. The van der Waals surface area contributed by atoms with Crippen molar-refractivity contribution in [2.24, 2.45) is 5.73 Å². The molecule has 0 aliphatic heterocycles. The number of allylic oxidation sites excluding steroid dienone is 6. The van der Waals surface area contributed by atoms with Crippen molar-refractivity contribution in [3.63, 3.8) is 0 Å². The summed E-state index contributed by atoms with van der Waals surface area (Å²) in [7, 11) is -4.62. The number of phosphoric ester groups is 1. The predicted molar refractivity (Wildman–Crippen MR) is 249 cm³/mol. The Balaban J connectivity index is 4.14. The van der Waals surface area contributed by atoms with Gasteiger partial charge in [0.05, 0.1) is 19.8 Å². The average Bonchev–Trinajstić information content (AvgIpc) is 3.23. The molecule has 0 aromatic heterocycles. The van der Waals surface area contributed by atoms with E-state index in [9.17, 15) is 19.0 Å².